The number of hydrogen-bond acceptors (Lipinski definition) is 4. The molecule has 0 aromatic carbocycles. The van der Waals surface area contributed by atoms with Gasteiger partial charge in [0, 0.05) is 22.2 Å². The molecule has 4 aliphatic rings. The van der Waals surface area contributed by atoms with E-state index in [2.05, 4.69) is 6.58 Å². The van der Waals surface area contributed by atoms with Gasteiger partial charge in [0.05, 0.1) is 6.10 Å². The number of aliphatic hydroxyl groups is 3. The Balaban J connectivity index is 0.00000132. The second-order valence-electron chi connectivity index (χ2n) is 11.0. The lowest BCUT2D eigenvalue weighted by Gasteiger charge is -2.63. The van der Waals surface area contributed by atoms with Gasteiger partial charge in [0.1, 0.15) is 11.4 Å². The number of hydrogen-bond donors (Lipinski definition) is 3. The van der Waals surface area contributed by atoms with Gasteiger partial charge in [-0.2, -0.15) is 0 Å². The number of halogens is 1. The van der Waals surface area contributed by atoms with Crippen LogP contribution in [0, 0.1) is 34.0 Å². The van der Waals surface area contributed by atoms with Crippen LogP contribution >= 0.6 is 0 Å². The lowest BCUT2D eigenvalue weighted by atomic mass is 9.43. The zero-order chi connectivity index (χ0) is 23.8. The molecular formula is C26H39FO4. The van der Waals surface area contributed by atoms with Crippen LogP contribution in [0.2, 0.25) is 0 Å². The van der Waals surface area contributed by atoms with Gasteiger partial charge in [-0.05, 0) is 50.2 Å². The first kappa shape index (κ1) is 24.2. The summed E-state index contributed by atoms with van der Waals surface area (Å²) in [6, 6.07) is 0. The summed E-state index contributed by atoms with van der Waals surface area (Å²) < 4.78 is 17.1. The molecule has 0 aliphatic heterocycles. The van der Waals surface area contributed by atoms with Crippen LogP contribution in [0.5, 0.6) is 0 Å². The fraction of sp³-hybridized carbons (Fsp3) is 0.731. The third-order valence-corrected chi connectivity index (χ3v) is 9.31. The molecule has 5 unspecified atom stereocenters. The minimum absolute atomic E-state index is 0.0171. The summed E-state index contributed by atoms with van der Waals surface area (Å²) in [6.07, 6.45) is 4.26. The SMILES string of the molecule is C=C(O)[C@@]1(O)C(C)(C)CC2C3C[C@H](C)C4=CC(=O)C=CC4(C)[C@@]3(F)C(O)CC21C.CC. The van der Waals surface area contributed by atoms with E-state index >= 15 is 4.39 Å². The number of alkyl halides is 1. The molecule has 0 aromatic heterocycles. The fourth-order valence-electron chi connectivity index (χ4n) is 7.93. The number of carbonyl (C=O) groups is 1. The maximum Gasteiger partial charge on any atom is 0.178 e. The second-order valence-corrected chi connectivity index (χ2v) is 11.0. The van der Waals surface area contributed by atoms with E-state index in [1.54, 1.807) is 13.0 Å². The molecule has 0 amide bonds. The first-order chi connectivity index (χ1) is 14.2. The van der Waals surface area contributed by atoms with Crippen molar-refractivity contribution in [2.45, 2.75) is 85.1 Å². The van der Waals surface area contributed by atoms with Crippen LogP contribution in [0.15, 0.2) is 36.1 Å². The maximum atomic E-state index is 17.1. The van der Waals surface area contributed by atoms with Gasteiger partial charge in [-0.15, -0.1) is 0 Å². The Bertz CT molecular complexity index is 859. The van der Waals surface area contributed by atoms with Crippen molar-refractivity contribution in [1.82, 2.24) is 0 Å². The molecule has 3 fully saturated rings. The van der Waals surface area contributed by atoms with Crippen LogP contribution in [0.4, 0.5) is 4.39 Å². The van der Waals surface area contributed by atoms with Gasteiger partial charge in [0.25, 0.3) is 0 Å². The Morgan fingerprint density at radius 2 is 1.74 bits per heavy atom. The molecule has 3 saturated carbocycles. The van der Waals surface area contributed by atoms with E-state index in [1.165, 1.54) is 12.2 Å². The molecule has 3 N–H and O–H groups in total. The Hall–Kier alpha value is -1.46. The standard InChI is InChI=1S/C24H33FO4.C2H6/c1-13-9-17-18-11-20(3,4)24(29,14(2)26)22(18,6)12-19(28)23(17,25)21(5)8-7-15(27)10-16(13)21;1-2/h7-8,10,13,17-19,26,28-29H,2,9,11-12H2,1,3-6H3;1-2H3/t13-,17?,18?,19?,21?,22?,23-,24+;/m0./s1. The van der Waals surface area contributed by atoms with Crippen molar-refractivity contribution < 1.29 is 24.5 Å². The largest absolute Gasteiger partial charge is 0.510 e. The van der Waals surface area contributed by atoms with Crippen molar-refractivity contribution in [2.24, 2.45) is 34.0 Å². The Morgan fingerprint density at radius 3 is 2.29 bits per heavy atom. The number of ketones is 1. The van der Waals surface area contributed by atoms with Gasteiger partial charge >= 0.3 is 0 Å². The molecule has 4 aliphatic carbocycles. The molecule has 0 saturated heterocycles. The van der Waals surface area contributed by atoms with Gasteiger partial charge in [0.15, 0.2) is 11.5 Å². The maximum absolute atomic E-state index is 17.1. The van der Waals surface area contributed by atoms with Crippen LogP contribution in [0.25, 0.3) is 0 Å². The molecule has 174 valence electrons. The highest BCUT2D eigenvalue weighted by molar-refractivity contribution is 6.01. The topological polar surface area (TPSA) is 77.8 Å². The fourth-order valence-corrected chi connectivity index (χ4v) is 7.93. The van der Waals surface area contributed by atoms with Crippen LogP contribution < -0.4 is 0 Å². The molecule has 0 spiro atoms. The summed E-state index contributed by atoms with van der Waals surface area (Å²) in [5, 5.41) is 33.4. The van der Waals surface area contributed by atoms with Gasteiger partial charge in [-0.25, -0.2) is 4.39 Å². The van der Waals surface area contributed by atoms with Crippen molar-refractivity contribution in [1.29, 1.82) is 0 Å². The molecule has 0 bridgehead atoms. The smallest absolute Gasteiger partial charge is 0.178 e. The van der Waals surface area contributed by atoms with E-state index in [1.807, 2.05) is 41.5 Å². The Labute approximate surface area is 185 Å². The zero-order valence-electron chi connectivity index (χ0n) is 20.0. The lowest BCUT2D eigenvalue weighted by molar-refractivity contribution is -0.224. The molecule has 5 heteroatoms. The lowest BCUT2D eigenvalue weighted by Crippen LogP contribution is -2.69. The van der Waals surface area contributed by atoms with Crippen LogP contribution in [-0.4, -0.2) is 38.5 Å². The average molecular weight is 435 g/mol. The molecule has 0 aromatic rings. The van der Waals surface area contributed by atoms with Crippen LogP contribution in [0.3, 0.4) is 0 Å². The molecule has 0 heterocycles. The highest BCUT2D eigenvalue weighted by atomic mass is 19.1. The van der Waals surface area contributed by atoms with E-state index < -0.39 is 39.5 Å². The Kier molecular flexibility index (Phi) is 5.48. The summed E-state index contributed by atoms with van der Waals surface area (Å²) >= 11 is 0. The number of carbonyl (C=O) groups excluding carboxylic acids is 1. The van der Waals surface area contributed by atoms with Crippen molar-refractivity contribution in [3.63, 3.8) is 0 Å². The third kappa shape index (κ3) is 2.62. The predicted molar refractivity (Wildman–Crippen MR) is 120 cm³/mol. The molecule has 4 rings (SSSR count). The second kappa shape index (κ2) is 7.02. The normalized spacial score (nSPS) is 49.7. The summed E-state index contributed by atoms with van der Waals surface area (Å²) in [6.45, 7) is 17.1. The molecule has 4 nitrogen and oxygen atoms in total. The quantitative estimate of drug-likeness (QED) is 0.504. The third-order valence-electron chi connectivity index (χ3n) is 9.31. The van der Waals surface area contributed by atoms with E-state index in [-0.39, 0.29) is 29.8 Å². The summed E-state index contributed by atoms with van der Waals surface area (Å²) in [5.74, 6) is -1.24. The highest BCUT2D eigenvalue weighted by Crippen LogP contribution is 2.74. The van der Waals surface area contributed by atoms with E-state index in [0.717, 1.165) is 5.57 Å². The van der Waals surface area contributed by atoms with Crippen LogP contribution in [-0.2, 0) is 4.79 Å². The highest BCUT2D eigenvalue weighted by Gasteiger charge is 2.77. The summed E-state index contributed by atoms with van der Waals surface area (Å²) in [4.78, 5) is 12.0. The van der Waals surface area contributed by atoms with Crippen molar-refractivity contribution in [3.05, 3.63) is 36.1 Å². The van der Waals surface area contributed by atoms with Gasteiger partial charge < -0.3 is 15.3 Å². The summed E-state index contributed by atoms with van der Waals surface area (Å²) in [5.41, 5.74) is -5.54. The monoisotopic (exact) mass is 434 g/mol. The van der Waals surface area contributed by atoms with Crippen molar-refractivity contribution in [3.8, 4) is 0 Å². The van der Waals surface area contributed by atoms with E-state index in [9.17, 15) is 20.1 Å². The van der Waals surface area contributed by atoms with Gasteiger partial charge in [-0.1, -0.05) is 59.8 Å². The molecule has 8 atom stereocenters. The number of rotatable bonds is 1. The first-order valence-corrected chi connectivity index (χ1v) is 11.6. The molecule has 31 heavy (non-hydrogen) atoms. The van der Waals surface area contributed by atoms with Crippen molar-refractivity contribution in [2.75, 3.05) is 0 Å². The van der Waals surface area contributed by atoms with E-state index in [4.69, 9.17) is 0 Å². The van der Waals surface area contributed by atoms with E-state index in [0.29, 0.717) is 12.8 Å². The predicted octanol–water partition coefficient (Wildman–Crippen LogP) is 5.07. The van der Waals surface area contributed by atoms with Gasteiger partial charge in [0.2, 0.25) is 0 Å². The number of allylic oxidation sites excluding steroid dienone is 4. The minimum atomic E-state index is -1.95. The van der Waals surface area contributed by atoms with Crippen molar-refractivity contribution >= 4 is 5.78 Å². The minimum Gasteiger partial charge on any atom is -0.510 e. The number of aliphatic hydroxyl groups excluding tert-OH is 2. The van der Waals surface area contributed by atoms with Crippen LogP contribution in [0.1, 0.15) is 67.7 Å². The Morgan fingerprint density at radius 1 is 1.16 bits per heavy atom. The number of fused-ring (bicyclic) bond motifs is 5. The molecular weight excluding hydrogens is 395 g/mol. The summed E-state index contributed by atoms with van der Waals surface area (Å²) in [7, 11) is 0. The van der Waals surface area contributed by atoms with Gasteiger partial charge in [-0.3, -0.25) is 4.79 Å². The zero-order valence-corrected chi connectivity index (χ0v) is 20.0. The average Bonchev–Trinajstić information content (AvgIpc) is 2.85. The molecule has 0 radical (unpaired) electrons. The first-order valence-electron chi connectivity index (χ1n) is 11.6.